The summed E-state index contributed by atoms with van der Waals surface area (Å²) in [4.78, 5) is 14.4. The van der Waals surface area contributed by atoms with Crippen LogP contribution in [0.5, 0.6) is 0 Å². The molecule has 110 valence electrons. The number of benzene rings is 1. The number of nitrogen functional groups attached to an aromatic ring is 1. The lowest BCUT2D eigenvalue weighted by Crippen LogP contribution is -2.36. The minimum atomic E-state index is 0.139. The fourth-order valence-electron chi connectivity index (χ4n) is 2.81. The third-order valence-corrected chi connectivity index (χ3v) is 4.00. The molecule has 0 aliphatic carbocycles. The van der Waals surface area contributed by atoms with E-state index in [0.29, 0.717) is 12.2 Å². The van der Waals surface area contributed by atoms with Crippen LogP contribution in [0, 0.1) is 0 Å². The fourth-order valence-corrected chi connectivity index (χ4v) is 2.81. The Labute approximate surface area is 124 Å². The summed E-state index contributed by atoms with van der Waals surface area (Å²) in [7, 11) is 0. The number of nitrogens with zero attached hydrogens (tertiary/aromatic N) is 2. The van der Waals surface area contributed by atoms with Gasteiger partial charge in [-0.1, -0.05) is 30.3 Å². The second-order valence-corrected chi connectivity index (χ2v) is 5.45. The number of carbonyl (C=O) groups excluding carboxylic acids is 1. The summed E-state index contributed by atoms with van der Waals surface area (Å²) in [6.07, 6.45) is 3.72. The Bertz CT molecular complexity index is 614. The molecule has 1 saturated heterocycles. The van der Waals surface area contributed by atoms with Crippen molar-refractivity contribution in [3.63, 3.8) is 0 Å². The van der Waals surface area contributed by atoms with Gasteiger partial charge in [0.1, 0.15) is 5.82 Å². The first-order valence-electron chi connectivity index (χ1n) is 7.41. The van der Waals surface area contributed by atoms with Crippen LogP contribution in [0.25, 0.3) is 11.3 Å². The third kappa shape index (κ3) is 2.91. The molecular formula is C16H20N4O. The first-order valence-corrected chi connectivity index (χ1v) is 7.41. The Morgan fingerprint density at radius 1 is 1.19 bits per heavy atom. The number of rotatable bonds is 3. The van der Waals surface area contributed by atoms with Gasteiger partial charge in [-0.3, -0.25) is 9.89 Å². The lowest BCUT2D eigenvalue weighted by molar-refractivity contribution is -0.131. The van der Waals surface area contributed by atoms with Gasteiger partial charge in [0.15, 0.2) is 0 Å². The summed E-state index contributed by atoms with van der Waals surface area (Å²) in [5.41, 5.74) is 8.59. The van der Waals surface area contributed by atoms with Gasteiger partial charge in [0.05, 0.1) is 12.1 Å². The van der Waals surface area contributed by atoms with Gasteiger partial charge >= 0.3 is 0 Å². The van der Waals surface area contributed by atoms with E-state index in [1.165, 1.54) is 6.42 Å². The number of nitrogens with two attached hydrogens (primary N) is 1. The molecule has 5 nitrogen and oxygen atoms in total. The van der Waals surface area contributed by atoms with Crippen LogP contribution in [0.15, 0.2) is 30.3 Å². The highest BCUT2D eigenvalue weighted by Gasteiger charge is 2.21. The second kappa shape index (κ2) is 5.99. The van der Waals surface area contributed by atoms with E-state index in [9.17, 15) is 4.79 Å². The highest BCUT2D eigenvalue weighted by Crippen LogP contribution is 2.26. The smallest absolute Gasteiger partial charge is 0.227 e. The van der Waals surface area contributed by atoms with E-state index in [2.05, 4.69) is 10.2 Å². The lowest BCUT2D eigenvalue weighted by atomic mass is 10.0. The van der Waals surface area contributed by atoms with Crippen LogP contribution in [0.4, 0.5) is 5.82 Å². The van der Waals surface area contributed by atoms with Crippen LogP contribution in [-0.2, 0) is 11.2 Å². The van der Waals surface area contributed by atoms with Crippen LogP contribution in [0.2, 0.25) is 0 Å². The number of H-pyrrole nitrogens is 1. The normalized spacial score (nSPS) is 15.1. The van der Waals surface area contributed by atoms with Crippen LogP contribution >= 0.6 is 0 Å². The molecule has 5 heteroatoms. The van der Waals surface area contributed by atoms with E-state index in [1.54, 1.807) is 0 Å². The van der Waals surface area contributed by atoms with E-state index in [-0.39, 0.29) is 5.91 Å². The maximum atomic E-state index is 12.4. The molecule has 0 saturated carbocycles. The molecule has 2 aromatic rings. The van der Waals surface area contributed by atoms with Gasteiger partial charge in [0.2, 0.25) is 5.91 Å². The zero-order chi connectivity index (χ0) is 14.7. The molecule has 3 rings (SSSR count). The summed E-state index contributed by atoms with van der Waals surface area (Å²) in [5.74, 6) is 0.555. The van der Waals surface area contributed by atoms with Crippen molar-refractivity contribution in [1.82, 2.24) is 15.1 Å². The van der Waals surface area contributed by atoms with Gasteiger partial charge in [0, 0.05) is 18.7 Å². The molecule has 1 aliphatic rings. The average molecular weight is 284 g/mol. The zero-order valence-corrected chi connectivity index (χ0v) is 12.0. The maximum Gasteiger partial charge on any atom is 0.227 e. The van der Waals surface area contributed by atoms with E-state index in [1.807, 2.05) is 35.2 Å². The number of hydrogen-bond donors (Lipinski definition) is 2. The summed E-state index contributed by atoms with van der Waals surface area (Å²) in [6.45, 7) is 1.72. The summed E-state index contributed by atoms with van der Waals surface area (Å²) in [6, 6.07) is 9.86. The Kier molecular flexibility index (Phi) is 3.90. The topological polar surface area (TPSA) is 75.0 Å². The van der Waals surface area contributed by atoms with Gasteiger partial charge < -0.3 is 10.6 Å². The number of carbonyl (C=O) groups is 1. The number of piperidine rings is 1. The molecule has 0 spiro atoms. The summed E-state index contributed by atoms with van der Waals surface area (Å²) >= 11 is 0. The minimum absolute atomic E-state index is 0.139. The van der Waals surface area contributed by atoms with E-state index in [4.69, 9.17) is 5.73 Å². The predicted octanol–water partition coefficient (Wildman–Crippen LogP) is 2.21. The van der Waals surface area contributed by atoms with Gasteiger partial charge in [0.25, 0.3) is 0 Å². The molecule has 1 aliphatic heterocycles. The van der Waals surface area contributed by atoms with E-state index >= 15 is 0 Å². The van der Waals surface area contributed by atoms with Gasteiger partial charge in [-0.15, -0.1) is 0 Å². The number of nitrogens with one attached hydrogen (secondary N) is 1. The standard InChI is InChI=1S/C16H20N4O/c17-16-13(11-14(21)20-9-5-2-6-10-20)15(18-19-16)12-7-3-1-4-8-12/h1,3-4,7-8H,2,5-6,9-11H2,(H3,17,18,19). The van der Waals surface area contributed by atoms with Gasteiger partial charge in [-0.05, 0) is 24.8 Å². The molecule has 1 aromatic heterocycles. The van der Waals surface area contributed by atoms with Crippen LogP contribution in [-0.4, -0.2) is 34.1 Å². The number of likely N-dealkylation sites (tertiary alicyclic amines) is 1. The third-order valence-electron chi connectivity index (χ3n) is 4.00. The quantitative estimate of drug-likeness (QED) is 0.907. The number of aromatic amines is 1. The molecule has 21 heavy (non-hydrogen) atoms. The van der Waals surface area contributed by atoms with Crippen molar-refractivity contribution in [2.24, 2.45) is 0 Å². The molecule has 3 N–H and O–H groups in total. The number of amides is 1. The zero-order valence-electron chi connectivity index (χ0n) is 12.0. The Balaban J connectivity index is 1.82. The molecule has 0 radical (unpaired) electrons. The molecule has 0 unspecified atom stereocenters. The SMILES string of the molecule is Nc1n[nH]c(-c2ccccc2)c1CC(=O)N1CCCCC1. The average Bonchev–Trinajstić information content (AvgIpc) is 2.90. The molecule has 0 bridgehead atoms. The van der Waals surface area contributed by atoms with Crippen molar-refractivity contribution in [1.29, 1.82) is 0 Å². The molecule has 1 amide bonds. The second-order valence-electron chi connectivity index (χ2n) is 5.45. The number of hydrogen-bond acceptors (Lipinski definition) is 3. The van der Waals surface area contributed by atoms with Gasteiger partial charge in [-0.25, -0.2) is 0 Å². The molecule has 2 heterocycles. The monoisotopic (exact) mass is 284 g/mol. The van der Waals surface area contributed by atoms with E-state index in [0.717, 1.165) is 42.8 Å². The molecule has 1 aromatic carbocycles. The summed E-state index contributed by atoms with van der Waals surface area (Å²) < 4.78 is 0. The molecule has 1 fully saturated rings. The van der Waals surface area contributed by atoms with Crippen LogP contribution in [0.1, 0.15) is 24.8 Å². The predicted molar refractivity (Wildman–Crippen MR) is 82.6 cm³/mol. The minimum Gasteiger partial charge on any atom is -0.382 e. The maximum absolute atomic E-state index is 12.4. The first-order chi connectivity index (χ1) is 10.3. The van der Waals surface area contributed by atoms with Crippen molar-refractivity contribution in [3.05, 3.63) is 35.9 Å². The van der Waals surface area contributed by atoms with Crippen molar-refractivity contribution < 1.29 is 4.79 Å². The summed E-state index contributed by atoms with van der Waals surface area (Å²) in [5, 5.41) is 7.03. The Morgan fingerprint density at radius 2 is 1.90 bits per heavy atom. The Hall–Kier alpha value is -2.30. The first kappa shape index (κ1) is 13.7. The highest BCUT2D eigenvalue weighted by atomic mass is 16.2. The van der Waals surface area contributed by atoms with Crippen molar-refractivity contribution >= 4 is 11.7 Å². The van der Waals surface area contributed by atoms with Crippen molar-refractivity contribution in [3.8, 4) is 11.3 Å². The number of anilines is 1. The fraction of sp³-hybridized carbons (Fsp3) is 0.375. The van der Waals surface area contributed by atoms with Gasteiger partial charge in [-0.2, -0.15) is 5.10 Å². The van der Waals surface area contributed by atoms with Crippen molar-refractivity contribution in [2.45, 2.75) is 25.7 Å². The molecule has 0 atom stereocenters. The number of aromatic nitrogens is 2. The Morgan fingerprint density at radius 3 is 2.62 bits per heavy atom. The lowest BCUT2D eigenvalue weighted by Gasteiger charge is -2.26. The molecular weight excluding hydrogens is 264 g/mol. The van der Waals surface area contributed by atoms with Crippen LogP contribution in [0.3, 0.4) is 0 Å². The van der Waals surface area contributed by atoms with E-state index < -0.39 is 0 Å². The van der Waals surface area contributed by atoms with Crippen molar-refractivity contribution in [2.75, 3.05) is 18.8 Å². The largest absolute Gasteiger partial charge is 0.382 e. The highest BCUT2D eigenvalue weighted by molar-refractivity contribution is 5.83. The van der Waals surface area contributed by atoms with Crippen LogP contribution < -0.4 is 5.73 Å².